The van der Waals surface area contributed by atoms with Crippen LogP contribution >= 0.6 is 23.2 Å². The molecule has 0 bridgehead atoms. The standard InChI is InChI=1S/C24H28Cl2N4/c1-18-3-8-23(22(26)15-18)30-14-13-28(16-19-9-11-29(27-2)12-10-19)17-24(30)20-4-6-21(25)7-5-20/h3-8,15,19,24H,9-14,16-17H2,1H3/t24-/m0/s1. The largest absolute Gasteiger partial charge is 0.361 e. The van der Waals surface area contributed by atoms with Crippen molar-refractivity contribution < 1.29 is 0 Å². The highest BCUT2D eigenvalue weighted by atomic mass is 35.5. The van der Waals surface area contributed by atoms with Crippen LogP contribution in [-0.4, -0.2) is 49.2 Å². The summed E-state index contributed by atoms with van der Waals surface area (Å²) in [5.41, 5.74) is 3.55. The third-order valence-corrected chi connectivity index (χ3v) is 6.94. The van der Waals surface area contributed by atoms with Crippen LogP contribution in [-0.2, 0) is 0 Å². The molecule has 2 saturated heterocycles. The number of hydrogen-bond donors (Lipinski definition) is 0. The summed E-state index contributed by atoms with van der Waals surface area (Å²) in [6, 6.07) is 14.8. The van der Waals surface area contributed by atoms with Gasteiger partial charge in [0.15, 0.2) is 0 Å². The number of anilines is 1. The monoisotopic (exact) mass is 442 g/mol. The van der Waals surface area contributed by atoms with Gasteiger partial charge in [0.1, 0.15) is 0 Å². The molecule has 2 heterocycles. The number of nitrogens with zero attached hydrogens (tertiary/aromatic N) is 4. The van der Waals surface area contributed by atoms with Crippen molar-refractivity contribution in [3.8, 4) is 0 Å². The number of piperidine rings is 1. The Balaban J connectivity index is 1.53. The van der Waals surface area contributed by atoms with E-state index >= 15 is 0 Å². The third kappa shape index (κ3) is 4.86. The number of rotatable bonds is 4. The lowest BCUT2D eigenvalue weighted by Crippen LogP contribution is -2.50. The summed E-state index contributed by atoms with van der Waals surface area (Å²) in [7, 11) is 0. The minimum atomic E-state index is 0.236. The normalized spacial score (nSPS) is 20.9. The molecule has 158 valence electrons. The van der Waals surface area contributed by atoms with Gasteiger partial charge in [0.05, 0.1) is 29.8 Å². The van der Waals surface area contributed by atoms with Gasteiger partial charge in [0, 0.05) is 31.2 Å². The molecule has 30 heavy (non-hydrogen) atoms. The Morgan fingerprint density at radius 1 is 1.00 bits per heavy atom. The average molecular weight is 443 g/mol. The second-order valence-electron chi connectivity index (χ2n) is 8.47. The Bertz CT molecular complexity index is 900. The van der Waals surface area contributed by atoms with E-state index in [-0.39, 0.29) is 6.04 Å². The summed E-state index contributed by atoms with van der Waals surface area (Å²) in [5.74, 6) is 0.670. The van der Waals surface area contributed by atoms with E-state index in [1.165, 1.54) is 11.1 Å². The summed E-state index contributed by atoms with van der Waals surface area (Å²) in [5, 5.41) is 3.44. The van der Waals surface area contributed by atoms with Crippen LogP contribution in [0.2, 0.25) is 10.0 Å². The molecular formula is C24H28Cl2N4. The van der Waals surface area contributed by atoms with Crippen molar-refractivity contribution in [2.24, 2.45) is 5.92 Å². The van der Waals surface area contributed by atoms with Crippen molar-refractivity contribution in [1.29, 1.82) is 0 Å². The molecule has 2 fully saturated rings. The molecular weight excluding hydrogens is 415 g/mol. The molecule has 0 N–H and O–H groups in total. The lowest BCUT2D eigenvalue weighted by molar-refractivity contribution is 0.150. The van der Waals surface area contributed by atoms with Crippen LogP contribution in [0.4, 0.5) is 5.69 Å². The van der Waals surface area contributed by atoms with Gasteiger partial charge in [-0.05, 0) is 61.1 Å². The van der Waals surface area contributed by atoms with Gasteiger partial charge in [-0.2, -0.15) is 11.5 Å². The molecule has 6 heteroatoms. The lowest BCUT2D eigenvalue weighted by atomic mass is 9.95. The van der Waals surface area contributed by atoms with E-state index in [1.54, 1.807) is 0 Å². The Labute approximate surface area is 189 Å². The van der Waals surface area contributed by atoms with Crippen LogP contribution in [0.25, 0.3) is 4.95 Å². The first-order valence-corrected chi connectivity index (χ1v) is 11.4. The lowest BCUT2D eigenvalue weighted by Gasteiger charge is -2.44. The quantitative estimate of drug-likeness (QED) is 0.563. The third-order valence-electron chi connectivity index (χ3n) is 6.38. The van der Waals surface area contributed by atoms with Gasteiger partial charge < -0.3 is 4.90 Å². The topological polar surface area (TPSA) is 14.1 Å². The highest BCUT2D eigenvalue weighted by Gasteiger charge is 2.31. The molecule has 2 aromatic carbocycles. The second kappa shape index (κ2) is 9.47. The molecule has 0 saturated carbocycles. The summed E-state index contributed by atoms with van der Waals surface area (Å²) >= 11 is 12.8. The number of halogens is 2. The molecule has 0 spiro atoms. The first kappa shape index (κ1) is 21.3. The van der Waals surface area contributed by atoms with Crippen LogP contribution < -0.4 is 4.90 Å². The van der Waals surface area contributed by atoms with Crippen molar-refractivity contribution in [2.45, 2.75) is 25.8 Å². The van der Waals surface area contributed by atoms with Crippen LogP contribution in [0.15, 0.2) is 42.5 Å². The van der Waals surface area contributed by atoms with Crippen molar-refractivity contribution >= 4 is 28.9 Å². The van der Waals surface area contributed by atoms with Crippen LogP contribution in [0, 0.1) is 19.4 Å². The van der Waals surface area contributed by atoms with Crippen LogP contribution in [0.5, 0.6) is 0 Å². The van der Waals surface area contributed by atoms with E-state index in [0.717, 1.165) is 67.8 Å². The van der Waals surface area contributed by atoms with Gasteiger partial charge in [-0.15, -0.1) is 5.01 Å². The maximum atomic E-state index is 7.20. The Morgan fingerprint density at radius 2 is 1.73 bits per heavy atom. The van der Waals surface area contributed by atoms with Crippen LogP contribution in [0.1, 0.15) is 30.0 Å². The molecule has 2 aromatic rings. The predicted molar refractivity (Wildman–Crippen MR) is 125 cm³/mol. The maximum absolute atomic E-state index is 7.20. The molecule has 1 atom stereocenters. The fourth-order valence-corrected chi connectivity index (χ4v) is 5.15. The molecule has 0 radical (unpaired) electrons. The minimum absolute atomic E-state index is 0.236. The zero-order chi connectivity index (χ0) is 21.1. The predicted octanol–water partition coefficient (Wildman–Crippen LogP) is 5.71. The number of benzene rings is 2. The summed E-state index contributed by atoms with van der Waals surface area (Å²) < 4.78 is 0. The van der Waals surface area contributed by atoms with E-state index in [2.05, 4.69) is 45.9 Å². The van der Waals surface area contributed by atoms with Gasteiger partial charge >= 0.3 is 0 Å². The average Bonchev–Trinajstić information content (AvgIpc) is 2.75. The molecule has 0 unspecified atom stereocenters. The fourth-order valence-electron chi connectivity index (χ4n) is 4.68. The maximum Gasteiger partial charge on any atom is 0.0863 e. The second-order valence-corrected chi connectivity index (χ2v) is 9.32. The molecule has 0 amide bonds. The smallest absolute Gasteiger partial charge is 0.0863 e. The van der Waals surface area contributed by atoms with E-state index in [9.17, 15) is 0 Å². The van der Waals surface area contributed by atoms with Crippen molar-refractivity contribution in [3.05, 3.63) is 75.2 Å². The van der Waals surface area contributed by atoms with E-state index in [0.29, 0.717) is 5.92 Å². The summed E-state index contributed by atoms with van der Waals surface area (Å²) in [6.07, 6.45) is 2.22. The highest BCUT2D eigenvalue weighted by Crippen LogP contribution is 2.36. The van der Waals surface area contributed by atoms with Crippen molar-refractivity contribution in [3.63, 3.8) is 0 Å². The first-order valence-electron chi connectivity index (χ1n) is 10.7. The van der Waals surface area contributed by atoms with Gasteiger partial charge in [-0.25, -0.2) is 0 Å². The Kier molecular flexibility index (Phi) is 6.73. The molecule has 4 rings (SSSR count). The fraction of sp³-hybridized carbons (Fsp3) is 0.458. The van der Waals surface area contributed by atoms with Crippen LogP contribution in [0.3, 0.4) is 0 Å². The first-order chi connectivity index (χ1) is 14.5. The Morgan fingerprint density at radius 3 is 2.40 bits per heavy atom. The Hall–Kier alpha value is -1.93. The van der Waals surface area contributed by atoms with Gasteiger partial charge in [-0.3, -0.25) is 4.90 Å². The number of hydrogen-bond acceptors (Lipinski definition) is 3. The van der Waals surface area contributed by atoms with E-state index < -0.39 is 0 Å². The van der Waals surface area contributed by atoms with Gasteiger partial charge in [0.25, 0.3) is 0 Å². The molecule has 2 aliphatic heterocycles. The van der Waals surface area contributed by atoms with Crippen molar-refractivity contribution in [2.75, 3.05) is 44.2 Å². The van der Waals surface area contributed by atoms with E-state index in [4.69, 9.17) is 29.8 Å². The van der Waals surface area contributed by atoms with Crippen molar-refractivity contribution in [1.82, 2.24) is 9.91 Å². The molecule has 0 aliphatic carbocycles. The molecule has 2 aliphatic rings. The highest BCUT2D eigenvalue weighted by molar-refractivity contribution is 6.33. The van der Waals surface area contributed by atoms with E-state index in [1.807, 2.05) is 23.2 Å². The minimum Gasteiger partial charge on any atom is -0.361 e. The molecule has 0 aromatic heterocycles. The molecule has 4 nitrogen and oxygen atoms in total. The van der Waals surface area contributed by atoms with Gasteiger partial charge in [0.2, 0.25) is 0 Å². The van der Waals surface area contributed by atoms with Gasteiger partial charge in [-0.1, -0.05) is 41.4 Å². The number of aryl methyl sites for hydroxylation is 1. The SMILES string of the molecule is [C-]#[N+]N1CCC(CN2CCN(c3ccc(C)cc3Cl)[C@H](c3ccc(Cl)cc3)C2)CC1. The number of piperazine rings is 1. The summed E-state index contributed by atoms with van der Waals surface area (Å²) in [4.78, 5) is 8.63. The summed E-state index contributed by atoms with van der Waals surface area (Å²) in [6.45, 7) is 15.1. The zero-order valence-electron chi connectivity index (χ0n) is 17.4. The zero-order valence-corrected chi connectivity index (χ0v) is 18.9.